The summed E-state index contributed by atoms with van der Waals surface area (Å²) in [7, 11) is 0. The molecule has 0 aromatic rings. The van der Waals surface area contributed by atoms with Crippen LogP contribution in [-0.4, -0.2) is 55.1 Å². The van der Waals surface area contributed by atoms with Gasteiger partial charge in [-0.05, 0) is 19.4 Å². The highest BCUT2D eigenvalue weighted by Gasteiger charge is 2.62. The van der Waals surface area contributed by atoms with Crippen molar-refractivity contribution in [2.75, 3.05) is 26.2 Å². The first-order chi connectivity index (χ1) is 9.26. The number of carbonyl (C=O) groups excluding carboxylic acids is 2. The highest BCUT2D eigenvalue weighted by atomic mass is 19.4. The van der Waals surface area contributed by atoms with Crippen LogP contribution in [0.3, 0.4) is 0 Å². The van der Waals surface area contributed by atoms with Crippen LogP contribution in [0.15, 0.2) is 0 Å². The van der Waals surface area contributed by atoms with Crippen LogP contribution in [-0.2, 0) is 9.59 Å². The van der Waals surface area contributed by atoms with Gasteiger partial charge >= 0.3 is 6.18 Å². The van der Waals surface area contributed by atoms with Crippen LogP contribution in [0, 0.1) is 5.41 Å². The first kappa shape index (κ1) is 15.1. The summed E-state index contributed by atoms with van der Waals surface area (Å²) in [6.45, 7) is 1.57. The quantitative estimate of drug-likeness (QED) is 0.768. The minimum absolute atomic E-state index is 0.149. The van der Waals surface area contributed by atoms with Crippen molar-refractivity contribution in [3.63, 3.8) is 0 Å². The molecule has 2 fully saturated rings. The Kier molecular flexibility index (Phi) is 3.95. The first-order valence-corrected chi connectivity index (χ1v) is 6.60. The summed E-state index contributed by atoms with van der Waals surface area (Å²) >= 11 is 0. The number of alkyl halides is 3. The monoisotopic (exact) mass is 293 g/mol. The van der Waals surface area contributed by atoms with Crippen LogP contribution in [0.25, 0.3) is 0 Å². The summed E-state index contributed by atoms with van der Waals surface area (Å²) in [5.41, 5.74) is -2.31. The molecule has 2 rings (SSSR count). The van der Waals surface area contributed by atoms with Gasteiger partial charge in [0.05, 0.1) is 0 Å². The molecule has 0 saturated carbocycles. The maximum absolute atomic E-state index is 13.3. The predicted octanol–water partition coefficient (Wildman–Crippen LogP) is 0.265. The Balaban J connectivity index is 2.09. The van der Waals surface area contributed by atoms with E-state index < -0.39 is 17.5 Å². The Morgan fingerprint density at radius 1 is 1.40 bits per heavy atom. The number of rotatable bonds is 2. The molecule has 2 saturated heterocycles. The van der Waals surface area contributed by atoms with Gasteiger partial charge in [-0.3, -0.25) is 9.59 Å². The Morgan fingerprint density at radius 2 is 2.10 bits per heavy atom. The maximum Gasteiger partial charge on any atom is 0.404 e. The highest BCUT2D eigenvalue weighted by molar-refractivity contribution is 5.85. The van der Waals surface area contributed by atoms with Crippen molar-refractivity contribution in [1.82, 2.24) is 15.5 Å². The average Bonchev–Trinajstić information content (AvgIpc) is 2.94. The van der Waals surface area contributed by atoms with Crippen molar-refractivity contribution in [1.29, 1.82) is 0 Å². The van der Waals surface area contributed by atoms with Crippen LogP contribution in [0.2, 0.25) is 0 Å². The van der Waals surface area contributed by atoms with Crippen molar-refractivity contribution in [3.05, 3.63) is 0 Å². The van der Waals surface area contributed by atoms with E-state index in [1.165, 1.54) is 11.8 Å². The summed E-state index contributed by atoms with van der Waals surface area (Å²) in [5, 5.41) is 5.27. The van der Waals surface area contributed by atoms with Crippen LogP contribution in [0.1, 0.15) is 19.8 Å². The van der Waals surface area contributed by atoms with Gasteiger partial charge in [0.25, 0.3) is 0 Å². The molecule has 0 radical (unpaired) electrons. The van der Waals surface area contributed by atoms with E-state index in [1.54, 1.807) is 0 Å². The smallest absolute Gasteiger partial charge is 0.352 e. The van der Waals surface area contributed by atoms with Crippen molar-refractivity contribution in [3.8, 4) is 0 Å². The van der Waals surface area contributed by atoms with E-state index in [0.717, 1.165) is 0 Å². The lowest BCUT2D eigenvalue weighted by molar-refractivity contribution is -0.221. The molecular formula is C12H18F3N3O2. The van der Waals surface area contributed by atoms with Crippen LogP contribution in [0.4, 0.5) is 13.2 Å². The predicted molar refractivity (Wildman–Crippen MR) is 64.8 cm³/mol. The molecule has 5 nitrogen and oxygen atoms in total. The fourth-order valence-corrected chi connectivity index (χ4v) is 2.89. The third-order valence-corrected chi connectivity index (χ3v) is 3.99. The Labute approximate surface area is 114 Å². The largest absolute Gasteiger partial charge is 0.404 e. The lowest BCUT2D eigenvalue weighted by Gasteiger charge is -2.33. The van der Waals surface area contributed by atoms with Crippen LogP contribution >= 0.6 is 0 Å². The highest BCUT2D eigenvalue weighted by Crippen LogP contribution is 2.44. The summed E-state index contributed by atoms with van der Waals surface area (Å²) in [6.07, 6.45) is -4.29. The van der Waals surface area contributed by atoms with E-state index in [-0.39, 0.29) is 44.5 Å². The van der Waals surface area contributed by atoms with Gasteiger partial charge in [-0.15, -0.1) is 0 Å². The molecule has 20 heavy (non-hydrogen) atoms. The fourth-order valence-electron chi connectivity index (χ4n) is 2.89. The summed E-state index contributed by atoms with van der Waals surface area (Å²) in [6, 6.07) is -0.254. The number of nitrogens with one attached hydrogen (secondary N) is 2. The molecule has 2 unspecified atom stereocenters. The van der Waals surface area contributed by atoms with Gasteiger partial charge in [0.15, 0.2) is 5.41 Å². The number of nitrogens with zero attached hydrogens (tertiary/aromatic N) is 1. The zero-order chi connectivity index (χ0) is 15.0. The summed E-state index contributed by atoms with van der Waals surface area (Å²) < 4.78 is 39.8. The van der Waals surface area contributed by atoms with Gasteiger partial charge in [-0.25, -0.2) is 0 Å². The number of likely N-dealkylation sites (tertiary alicyclic amines) is 1. The molecule has 2 N–H and O–H groups in total. The number of carbonyl (C=O) groups is 2. The lowest BCUT2D eigenvalue weighted by Crippen LogP contribution is -2.53. The summed E-state index contributed by atoms with van der Waals surface area (Å²) in [4.78, 5) is 24.5. The second-order valence-electron chi connectivity index (χ2n) is 5.44. The van der Waals surface area contributed by atoms with E-state index in [4.69, 9.17) is 0 Å². The molecule has 0 bridgehead atoms. The van der Waals surface area contributed by atoms with Crippen molar-refractivity contribution in [2.45, 2.75) is 32.0 Å². The molecule has 2 amide bonds. The minimum atomic E-state index is -4.56. The van der Waals surface area contributed by atoms with Gasteiger partial charge in [-0.1, -0.05) is 0 Å². The minimum Gasteiger partial charge on any atom is -0.352 e. The van der Waals surface area contributed by atoms with E-state index in [1.807, 2.05) is 0 Å². The number of halogens is 3. The third-order valence-electron chi connectivity index (χ3n) is 3.99. The first-order valence-electron chi connectivity index (χ1n) is 6.60. The molecule has 2 heterocycles. The zero-order valence-electron chi connectivity index (χ0n) is 11.2. The van der Waals surface area contributed by atoms with Gasteiger partial charge in [0.2, 0.25) is 11.8 Å². The lowest BCUT2D eigenvalue weighted by atomic mass is 9.84. The second kappa shape index (κ2) is 5.23. The molecule has 114 valence electrons. The second-order valence-corrected chi connectivity index (χ2v) is 5.44. The zero-order valence-corrected chi connectivity index (χ0v) is 11.2. The molecule has 0 aromatic carbocycles. The Hall–Kier alpha value is -1.31. The molecule has 8 heteroatoms. The SMILES string of the molecule is CC(=O)NC1CCN(C(=O)C2(C(F)(F)F)CCNC2)C1. The molecule has 2 atom stereocenters. The Bertz CT molecular complexity index is 405. The molecule has 0 aromatic heterocycles. The normalized spacial score (nSPS) is 30.6. The average molecular weight is 293 g/mol. The molecule has 2 aliphatic rings. The van der Waals surface area contributed by atoms with Crippen LogP contribution in [0.5, 0.6) is 0 Å². The molecule has 0 spiro atoms. The maximum atomic E-state index is 13.3. The molecule has 2 aliphatic heterocycles. The fraction of sp³-hybridized carbons (Fsp3) is 0.833. The van der Waals surface area contributed by atoms with E-state index in [2.05, 4.69) is 10.6 Å². The standard InChI is InChI=1S/C12H18F3N3O2/c1-8(19)17-9-2-5-18(6-9)10(20)11(12(13,14)15)3-4-16-7-11/h9,16H,2-7H2,1H3,(H,17,19). The Morgan fingerprint density at radius 3 is 2.60 bits per heavy atom. The summed E-state index contributed by atoms with van der Waals surface area (Å²) in [5.74, 6) is -1.11. The number of hydrogen-bond acceptors (Lipinski definition) is 3. The van der Waals surface area contributed by atoms with Crippen LogP contribution < -0.4 is 10.6 Å². The van der Waals surface area contributed by atoms with Gasteiger partial charge in [0, 0.05) is 32.6 Å². The van der Waals surface area contributed by atoms with Gasteiger partial charge in [-0.2, -0.15) is 13.2 Å². The van der Waals surface area contributed by atoms with E-state index >= 15 is 0 Å². The van der Waals surface area contributed by atoms with Crippen molar-refractivity contribution >= 4 is 11.8 Å². The molecular weight excluding hydrogens is 275 g/mol. The van der Waals surface area contributed by atoms with Gasteiger partial charge < -0.3 is 15.5 Å². The third kappa shape index (κ3) is 2.61. The van der Waals surface area contributed by atoms with E-state index in [9.17, 15) is 22.8 Å². The number of hydrogen-bond donors (Lipinski definition) is 2. The number of amides is 2. The van der Waals surface area contributed by atoms with E-state index in [0.29, 0.717) is 6.42 Å². The topological polar surface area (TPSA) is 61.4 Å². The van der Waals surface area contributed by atoms with Crippen molar-refractivity contribution < 1.29 is 22.8 Å². The van der Waals surface area contributed by atoms with Crippen molar-refractivity contribution in [2.24, 2.45) is 5.41 Å². The van der Waals surface area contributed by atoms with Gasteiger partial charge in [0.1, 0.15) is 0 Å². The molecule has 0 aliphatic carbocycles.